The Balaban J connectivity index is 3.11. The summed E-state index contributed by atoms with van der Waals surface area (Å²) >= 11 is 0. The number of carbonyl (C=O) groups is 1. The molecule has 3 N–H and O–H groups in total. The third-order valence-corrected chi connectivity index (χ3v) is 3.09. The lowest BCUT2D eigenvalue weighted by Gasteiger charge is -2.34. The van der Waals surface area contributed by atoms with Crippen molar-refractivity contribution in [3.63, 3.8) is 0 Å². The minimum absolute atomic E-state index is 0.126. The first-order valence-electron chi connectivity index (χ1n) is 5.66. The molecule has 1 aromatic rings. The third-order valence-electron chi connectivity index (χ3n) is 3.09. The predicted molar refractivity (Wildman–Crippen MR) is 70.7 cm³/mol. The maximum Gasteiger partial charge on any atom is 0.256 e. The van der Waals surface area contributed by atoms with E-state index in [0.717, 1.165) is 0 Å². The number of nitrogen functional groups attached to an aromatic ring is 1. The second-order valence-electron chi connectivity index (χ2n) is 4.79. The van der Waals surface area contributed by atoms with Gasteiger partial charge < -0.3 is 20.5 Å². The molecule has 0 saturated carbocycles. The van der Waals surface area contributed by atoms with Crippen LogP contribution >= 0.6 is 0 Å². The molecule has 0 atom stereocenters. The second-order valence-corrected chi connectivity index (χ2v) is 4.79. The van der Waals surface area contributed by atoms with Gasteiger partial charge in [-0.2, -0.15) is 0 Å². The number of hydrogen-bond acceptors (Lipinski definition) is 4. The highest BCUT2D eigenvalue weighted by molar-refractivity contribution is 5.99. The molecule has 1 rings (SSSR count). The molecule has 0 aliphatic heterocycles. The molecule has 1 amide bonds. The van der Waals surface area contributed by atoms with Gasteiger partial charge in [-0.05, 0) is 32.0 Å². The SMILES string of the molecule is COc1ccc(N)c(C(=O)N(C)C(C)(C)CO)c1. The molecule has 0 aliphatic rings. The van der Waals surface area contributed by atoms with Crippen molar-refractivity contribution in [2.75, 3.05) is 26.5 Å². The van der Waals surface area contributed by atoms with E-state index in [1.165, 1.54) is 12.0 Å². The van der Waals surface area contributed by atoms with Crippen LogP contribution in [0.1, 0.15) is 24.2 Å². The van der Waals surface area contributed by atoms with E-state index in [1.807, 2.05) is 0 Å². The Hall–Kier alpha value is -1.75. The Morgan fingerprint density at radius 1 is 1.50 bits per heavy atom. The molecule has 0 heterocycles. The van der Waals surface area contributed by atoms with Crippen molar-refractivity contribution in [2.24, 2.45) is 0 Å². The first-order valence-corrected chi connectivity index (χ1v) is 5.66. The summed E-state index contributed by atoms with van der Waals surface area (Å²) in [7, 11) is 3.17. The van der Waals surface area contributed by atoms with E-state index in [9.17, 15) is 9.90 Å². The van der Waals surface area contributed by atoms with Gasteiger partial charge in [0, 0.05) is 12.7 Å². The fourth-order valence-electron chi connectivity index (χ4n) is 1.41. The van der Waals surface area contributed by atoms with Crippen LogP contribution in [-0.2, 0) is 0 Å². The molecule has 1 aromatic carbocycles. The van der Waals surface area contributed by atoms with Crippen LogP contribution in [0.15, 0.2) is 18.2 Å². The van der Waals surface area contributed by atoms with E-state index in [0.29, 0.717) is 17.0 Å². The topological polar surface area (TPSA) is 75.8 Å². The van der Waals surface area contributed by atoms with Gasteiger partial charge in [0.1, 0.15) is 5.75 Å². The highest BCUT2D eigenvalue weighted by Gasteiger charge is 2.28. The number of aliphatic hydroxyl groups is 1. The van der Waals surface area contributed by atoms with Gasteiger partial charge in [0.15, 0.2) is 0 Å². The number of nitrogens with zero attached hydrogens (tertiary/aromatic N) is 1. The predicted octanol–water partition coefficient (Wildman–Crippen LogP) is 1.12. The zero-order valence-electron chi connectivity index (χ0n) is 11.2. The summed E-state index contributed by atoms with van der Waals surface area (Å²) in [6.45, 7) is 3.43. The summed E-state index contributed by atoms with van der Waals surface area (Å²) < 4.78 is 5.08. The molecule has 5 heteroatoms. The molecule has 0 aliphatic carbocycles. The van der Waals surface area contributed by atoms with Crippen molar-refractivity contribution < 1.29 is 14.6 Å². The molecule has 0 bridgehead atoms. The number of rotatable bonds is 4. The van der Waals surface area contributed by atoms with E-state index in [4.69, 9.17) is 10.5 Å². The van der Waals surface area contributed by atoms with Gasteiger partial charge in [-0.3, -0.25) is 4.79 Å². The van der Waals surface area contributed by atoms with Crippen LogP contribution in [0.5, 0.6) is 5.75 Å². The van der Waals surface area contributed by atoms with Crippen LogP contribution in [0.25, 0.3) is 0 Å². The Kier molecular flexibility index (Phi) is 4.19. The van der Waals surface area contributed by atoms with Crippen molar-refractivity contribution >= 4 is 11.6 Å². The van der Waals surface area contributed by atoms with Crippen LogP contribution < -0.4 is 10.5 Å². The summed E-state index contributed by atoms with van der Waals surface area (Å²) in [4.78, 5) is 13.8. The van der Waals surface area contributed by atoms with Crippen molar-refractivity contribution in [1.82, 2.24) is 4.90 Å². The Morgan fingerprint density at radius 3 is 2.61 bits per heavy atom. The zero-order chi connectivity index (χ0) is 13.9. The number of hydrogen-bond donors (Lipinski definition) is 2. The molecule has 0 saturated heterocycles. The summed E-state index contributed by atoms with van der Waals surface area (Å²) in [6, 6.07) is 4.93. The lowest BCUT2D eigenvalue weighted by molar-refractivity contribution is 0.0474. The van der Waals surface area contributed by atoms with Gasteiger partial charge in [-0.1, -0.05) is 0 Å². The first kappa shape index (κ1) is 14.3. The molecule has 0 aromatic heterocycles. The summed E-state index contributed by atoms with van der Waals surface area (Å²) in [5.41, 5.74) is 5.92. The van der Waals surface area contributed by atoms with Crippen LogP contribution in [0.3, 0.4) is 0 Å². The number of anilines is 1. The minimum Gasteiger partial charge on any atom is -0.497 e. The normalized spacial score (nSPS) is 11.2. The molecule has 0 radical (unpaired) electrons. The molecule has 0 fully saturated rings. The molecule has 18 heavy (non-hydrogen) atoms. The van der Waals surface area contributed by atoms with Crippen LogP contribution in [0.2, 0.25) is 0 Å². The monoisotopic (exact) mass is 252 g/mol. The fraction of sp³-hybridized carbons (Fsp3) is 0.462. The quantitative estimate of drug-likeness (QED) is 0.787. The standard InChI is InChI=1S/C13H20N2O3/c1-13(2,8-16)15(3)12(17)10-7-9(18-4)5-6-11(10)14/h5-7,16H,8,14H2,1-4H3. The van der Waals surface area contributed by atoms with Crippen LogP contribution in [-0.4, -0.2) is 42.2 Å². The molecular weight excluding hydrogens is 232 g/mol. The van der Waals surface area contributed by atoms with Gasteiger partial charge >= 0.3 is 0 Å². The number of ether oxygens (including phenoxy) is 1. The van der Waals surface area contributed by atoms with Crippen molar-refractivity contribution in [1.29, 1.82) is 0 Å². The van der Waals surface area contributed by atoms with Crippen LogP contribution in [0, 0.1) is 0 Å². The van der Waals surface area contributed by atoms with Gasteiger partial charge in [-0.25, -0.2) is 0 Å². The Bertz CT molecular complexity index is 444. The first-order chi connectivity index (χ1) is 8.33. The average molecular weight is 252 g/mol. The number of likely N-dealkylation sites (N-methyl/N-ethyl adjacent to an activating group) is 1. The lowest BCUT2D eigenvalue weighted by Crippen LogP contribution is -2.47. The molecule has 0 spiro atoms. The van der Waals surface area contributed by atoms with Gasteiger partial charge in [0.2, 0.25) is 0 Å². The maximum absolute atomic E-state index is 12.3. The summed E-state index contributed by atoms with van der Waals surface area (Å²) in [6.07, 6.45) is 0. The van der Waals surface area contributed by atoms with Crippen LogP contribution in [0.4, 0.5) is 5.69 Å². The van der Waals surface area contributed by atoms with Crippen molar-refractivity contribution in [3.05, 3.63) is 23.8 Å². The second kappa shape index (κ2) is 5.27. The average Bonchev–Trinajstić information content (AvgIpc) is 2.37. The van der Waals surface area contributed by atoms with Gasteiger partial charge in [0.05, 0.1) is 24.8 Å². The number of aliphatic hydroxyl groups excluding tert-OH is 1. The van der Waals surface area contributed by atoms with E-state index < -0.39 is 5.54 Å². The minimum atomic E-state index is -0.646. The molecule has 0 unspecified atom stereocenters. The number of amides is 1. The third kappa shape index (κ3) is 2.73. The summed E-state index contributed by atoms with van der Waals surface area (Å²) in [5, 5.41) is 9.28. The smallest absolute Gasteiger partial charge is 0.256 e. The number of nitrogens with two attached hydrogens (primary N) is 1. The number of benzene rings is 1. The van der Waals surface area contributed by atoms with E-state index in [2.05, 4.69) is 0 Å². The van der Waals surface area contributed by atoms with Gasteiger partial charge in [-0.15, -0.1) is 0 Å². The Labute approximate surface area is 107 Å². The summed E-state index contributed by atoms with van der Waals surface area (Å²) in [5.74, 6) is 0.327. The van der Waals surface area contributed by atoms with E-state index in [-0.39, 0.29) is 12.5 Å². The number of carbonyl (C=O) groups excluding carboxylic acids is 1. The van der Waals surface area contributed by atoms with Crippen molar-refractivity contribution in [2.45, 2.75) is 19.4 Å². The van der Waals surface area contributed by atoms with E-state index in [1.54, 1.807) is 39.1 Å². The lowest BCUT2D eigenvalue weighted by atomic mass is 10.0. The highest BCUT2D eigenvalue weighted by atomic mass is 16.5. The largest absolute Gasteiger partial charge is 0.497 e. The Morgan fingerprint density at radius 2 is 2.11 bits per heavy atom. The number of methoxy groups -OCH3 is 1. The fourth-order valence-corrected chi connectivity index (χ4v) is 1.41. The highest BCUT2D eigenvalue weighted by Crippen LogP contribution is 2.23. The zero-order valence-corrected chi connectivity index (χ0v) is 11.2. The van der Waals surface area contributed by atoms with Gasteiger partial charge in [0.25, 0.3) is 5.91 Å². The molecular formula is C13H20N2O3. The molecule has 100 valence electrons. The van der Waals surface area contributed by atoms with E-state index >= 15 is 0 Å². The molecule has 5 nitrogen and oxygen atoms in total. The maximum atomic E-state index is 12.3. The van der Waals surface area contributed by atoms with Crippen molar-refractivity contribution in [3.8, 4) is 5.75 Å².